The number of nitrogens with one attached hydrogen (secondary N) is 1. The molecule has 2 heterocycles. The molecule has 6 heteroatoms. The Balaban J connectivity index is 2.18. The second-order valence-electron chi connectivity index (χ2n) is 3.98. The standard InChI is InChI=1S/C10H16N2O2S2/c1-9-4-6-12(7-5-11-9)16(13,14)10-3-2-8-15-10/h2-3,8-9,11H,4-7H2,1H3. The summed E-state index contributed by atoms with van der Waals surface area (Å²) < 4.78 is 26.5. The molecule has 1 saturated heterocycles. The van der Waals surface area contributed by atoms with Gasteiger partial charge in [-0.2, -0.15) is 4.31 Å². The van der Waals surface area contributed by atoms with E-state index < -0.39 is 10.0 Å². The molecule has 1 N–H and O–H groups in total. The fraction of sp³-hybridized carbons (Fsp3) is 0.600. The molecule has 1 aliphatic heterocycles. The van der Waals surface area contributed by atoms with E-state index in [2.05, 4.69) is 12.2 Å². The molecule has 0 saturated carbocycles. The third-order valence-electron chi connectivity index (χ3n) is 2.75. The molecule has 2 rings (SSSR count). The maximum atomic E-state index is 12.2. The minimum atomic E-state index is -3.25. The molecule has 16 heavy (non-hydrogen) atoms. The molecule has 1 atom stereocenters. The quantitative estimate of drug-likeness (QED) is 0.867. The molecule has 90 valence electrons. The Morgan fingerprint density at radius 3 is 3.00 bits per heavy atom. The van der Waals surface area contributed by atoms with Crippen molar-refractivity contribution < 1.29 is 8.42 Å². The van der Waals surface area contributed by atoms with Crippen LogP contribution in [0.1, 0.15) is 13.3 Å². The fourth-order valence-corrected chi connectivity index (χ4v) is 4.37. The first-order chi connectivity index (χ1) is 7.60. The van der Waals surface area contributed by atoms with Gasteiger partial charge in [-0.1, -0.05) is 6.07 Å². The Morgan fingerprint density at radius 2 is 2.31 bits per heavy atom. The van der Waals surface area contributed by atoms with Crippen molar-refractivity contribution >= 4 is 21.4 Å². The van der Waals surface area contributed by atoms with Crippen molar-refractivity contribution in [1.29, 1.82) is 0 Å². The minimum absolute atomic E-state index is 0.392. The van der Waals surface area contributed by atoms with Crippen LogP contribution in [0.5, 0.6) is 0 Å². The maximum Gasteiger partial charge on any atom is 0.252 e. The number of thiophene rings is 1. The van der Waals surface area contributed by atoms with Gasteiger partial charge in [0.2, 0.25) is 0 Å². The van der Waals surface area contributed by atoms with Gasteiger partial charge >= 0.3 is 0 Å². The molecule has 1 aromatic rings. The summed E-state index contributed by atoms with van der Waals surface area (Å²) in [5.41, 5.74) is 0. The average Bonchev–Trinajstić information content (AvgIpc) is 2.68. The molecular formula is C10H16N2O2S2. The second kappa shape index (κ2) is 4.83. The summed E-state index contributed by atoms with van der Waals surface area (Å²) in [5, 5.41) is 5.09. The maximum absolute atomic E-state index is 12.2. The van der Waals surface area contributed by atoms with Crippen LogP contribution >= 0.6 is 11.3 Å². The van der Waals surface area contributed by atoms with E-state index in [1.54, 1.807) is 21.8 Å². The molecule has 0 aromatic carbocycles. The first-order valence-corrected chi connectivity index (χ1v) is 7.70. The van der Waals surface area contributed by atoms with Crippen LogP contribution in [-0.2, 0) is 10.0 Å². The highest BCUT2D eigenvalue weighted by Crippen LogP contribution is 2.21. The van der Waals surface area contributed by atoms with Crippen molar-refractivity contribution in [3.8, 4) is 0 Å². The number of rotatable bonds is 2. The van der Waals surface area contributed by atoms with E-state index in [0.717, 1.165) is 13.0 Å². The molecule has 0 spiro atoms. The Hall–Kier alpha value is -0.430. The van der Waals surface area contributed by atoms with Gasteiger partial charge in [0.05, 0.1) is 0 Å². The van der Waals surface area contributed by atoms with E-state index in [0.29, 0.717) is 23.3 Å². The molecule has 0 amide bonds. The molecule has 0 aliphatic carbocycles. The van der Waals surface area contributed by atoms with Crippen LogP contribution in [-0.4, -0.2) is 38.4 Å². The monoisotopic (exact) mass is 260 g/mol. The molecule has 4 nitrogen and oxygen atoms in total. The molecule has 1 aliphatic rings. The van der Waals surface area contributed by atoms with Crippen molar-refractivity contribution in [2.24, 2.45) is 0 Å². The van der Waals surface area contributed by atoms with Crippen molar-refractivity contribution in [3.63, 3.8) is 0 Å². The molecule has 0 radical (unpaired) electrons. The Bertz CT molecular complexity index is 428. The van der Waals surface area contributed by atoms with Crippen molar-refractivity contribution in [3.05, 3.63) is 17.5 Å². The largest absolute Gasteiger partial charge is 0.313 e. The van der Waals surface area contributed by atoms with Crippen LogP contribution in [0.4, 0.5) is 0 Å². The Kier molecular flexibility index (Phi) is 3.63. The van der Waals surface area contributed by atoms with Gasteiger partial charge < -0.3 is 5.32 Å². The summed E-state index contributed by atoms with van der Waals surface area (Å²) in [4.78, 5) is 0. The van der Waals surface area contributed by atoms with Crippen LogP contribution in [0.2, 0.25) is 0 Å². The number of hydrogen-bond donors (Lipinski definition) is 1. The normalized spacial score (nSPS) is 24.2. The predicted octanol–water partition coefficient (Wildman–Crippen LogP) is 1.12. The summed E-state index contributed by atoms with van der Waals surface area (Å²) in [5.74, 6) is 0. The van der Waals surface area contributed by atoms with Gasteiger partial charge in [0.1, 0.15) is 4.21 Å². The molecule has 0 bridgehead atoms. The van der Waals surface area contributed by atoms with E-state index in [-0.39, 0.29) is 0 Å². The lowest BCUT2D eigenvalue weighted by Gasteiger charge is -2.18. The van der Waals surface area contributed by atoms with E-state index in [1.165, 1.54) is 11.3 Å². The smallest absolute Gasteiger partial charge is 0.252 e. The fourth-order valence-electron chi connectivity index (χ4n) is 1.77. The Labute approximate surface area is 100 Å². The SMILES string of the molecule is CC1CCN(S(=O)(=O)c2cccs2)CCN1. The van der Waals surface area contributed by atoms with E-state index in [1.807, 2.05) is 0 Å². The lowest BCUT2D eigenvalue weighted by Crippen LogP contribution is -2.33. The zero-order valence-electron chi connectivity index (χ0n) is 9.22. The van der Waals surface area contributed by atoms with E-state index in [4.69, 9.17) is 0 Å². The second-order valence-corrected chi connectivity index (χ2v) is 7.09. The third kappa shape index (κ3) is 2.45. The van der Waals surface area contributed by atoms with Crippen LogP contribution in [0.15, 0.2) is 21.7 Å². The molecule has 1 aromatic heterocycles. The van der Waals surface area contributed by atoms with Crippen LogP contribution in [0.3, 0.4) is 0 Å². The summed E-state index contributed by atoms with van der Waals surface area (Å²) in [6, 6.07) is 3.83. The summed E-state index contributed by atoms with van der Waals surface area (Å²) >= 11 is 1.28. The van der Waals surface area contributed by atoms with Crippen molar-refractivity contribution in [2.75, 3.05) is 19.6 Å². The number of sulfonamides is 1. The highest BCUT2D eigenvalue weighted by Gasteiger charge is 2.26. The van der Waals surface area contributed by atoms with Gasteiger partial charge in [-0.05, 0) is 24.8 Å². The van der Waals surface area contributed by atoms with Gasteiger partial charge in [0, 0.05) is 25.7 Å². The van der Waals surface area contributed by atoms with E-state index in [9.17, 15) is 8.42 Å². The molecule has 1 fully saturated rings. The van der Waals surface area contributed by atoms with Crippen molar-refractivity contribution in [2.45, 2.75) is 23.6 Å². The lowest BCUT2D eigenvalue weighted by atomic mass is 10.2. The van der Waals surface area contributed by atoms with Crippen LogP contribution < -0.4 is 5.32 Å². The highest BCUT2D eigenvalue weighted by molar-refractivity contribution is 7.91. The zero-order valence-corrected chi connectivity index (χ0v) is 10.9. The molecular weight excluding hydrogens is 244 g/mol. The number of hydrogen-bond acceptors (Lipinski definition) is 4. The minimum Gasteiger partial charge on any atom is -0.313 e. The highest BCUT2D eigenvalue weighted by atomic mass is 32.2. The van der Waals surface area contributed by atoms with Gasteiger partial charge in [-0.15, -0.1) is 11.3 Å². The summed E-state index contributed by atoms with van der Waals surface area (Å²) in [6.45, 7) is 3.98. The van der Waals surface area contributed by atoms with E-state index >= 15 is 0 Å². The number of nitrogens with zero attached hydrogens (tertiary/aromatic N) is 1. The summed E-state index contributed by atoms with van der Waals surface area (Å²) in [6.07, 6.45) is 0.866. The topological polar surface area (TPSA) is 49.4 Å². The van der Waals surface area contributed by atoms with Crippen LogP contribution in [0, 0.1) is 0 Å². The van der Waals surface area contributed by atoms with Crippen molar-refractivity contribution in [1.82, 2.24) is 9.62 Å². The third-order valence-corrected chi connectivity index (χ3v) is 6.03. The first-order valence-electron chi connectivity index (χ1n) is 5.38. The van der Waals surface area contributed by atoms with Gasteiger partial charge in [0.15, 0.2) is 0 Å². The van der Waals surface area contributed by atoms with Gasteiger partial charge in [-0.3, -0.25) is 0 Å². The lowest BCUT2D eigenvalue weighted by molar-refractivity contribution is 0.430. The molecule has 1 unspecified atom stereocenters. The zero-order chi connectivity index (χ0) is 11.6. The van der Waals surface area contributed by atoms with Gasteiger partial charge in [-0.25, -0.2) is 8.42 Å². The predicted molar refractivity (Wildman–Crippen MR) is 65.2 cm³/mol. The Morgan fingerprint density at radius 1 is 1.50 bits per heavy atom. The first kappa shape index (κ1) is 12.0. The van der Waals surface area contributed by atoms with Crippen LogP contribution in [0.25, 0.3) is 0 Å². The average molecular weight is 260 g/mol. The van der Waals surface area contributed by atoms with Gasteiger partial charge in [0.25, 0.3) is 10.0 Å². The summed E-state index contributed by atoms with van der Waals surface area (Å²) in [7, 11) is -3.25.